The number of ether oxygens (including phenoxy) is 1. The van der Waals surface area contributed by atoms with Gasteiger partial charge in [-0.2, -0.15) is 0 Å². The lowest BCUT2D eigenvalue weighted by Crippen LogP contribution is -2.25. The van der Waals surface area contributed by atoms with Crippen molar-refractivity contribution in [2.45, 2.75) is 13.3 Å². The summed E-state index contributed by atoms with van der Waals surface area (Å²) in [4.78, 5) is 23.7. The number of hydrogen-bond donors (Lipinski definition) is 2. The van der Waals surface area contributed by atoms with Crippen LogP contribution in [0.5, 0.6) is 0 Å². The molecule has 3 rings (SSSR count). The van der Waals surface area contributed by atoms with Crippen LogP contribution in [0.2, 0.25) is 0 Å². The fourth-order valence-electron chi connectivity index (χ4n) is 2.33. The topological polar surface area (TPSA) is 133 Å². The molecule has 3 N–H and O–H groups in total. The molecular weight excluding hydrogens is 352 g/mol. The van der Waals surface area contributed by atoms with Gasteiger partial charge in [0.25, 0.3) is 5.91 Å². The minimum atomic E-state index is -0.548. The number of nitrogens with two attached hydrogens (primary N) is 1. The Kier molecular flexibility index (Phi) is 5.50. The van der Waals surface area contributed by atoms with Gasteiger partial charge in [-0.1, -0.05) is 22.4 Å². The minimum absolute atomic E-state index is 0.0986. The second-order valence-corrected chi connectivity index (χ2v) is 5.61. The van der Waals surface area contributed by atoms with Gasteiger partial charge in [-0.15, -0.1) is 0 Å². The molecule has 0 saturated carbocycles. The smallest absolute Gasteiger partial charge is 0.360 e. The molecule has 2 heterocycles. The highest BCUT2D eigenvalue weighted by molar-refractivity contribution is 5.93. The Hall–Kier alpha value is -3.62. The van der Waals surface area contributed by atoms with Gasteiger partial charge < -0.3 is 24.8 Å². The normalized spacial score (nSPS) is 10.6. The second kappa shape index (κ2) is 8.17. The molecule has 0 bridgehead atoms. The van der Waals surface area contributed by atoms with Gasteiger partial charge in [0.15, 0.2) is 17.1 Å². The van der Waals surface area contributed by atoms with E-state index < -0.39 is 5.97 Å². The highest BCUT2D eigenvalue weighted by atomic mass is 16.5. The lowest BCUT2D eigenvalue weighted by molar-refractivity contribution is 0.0514. The maximum atomic E-state index is 12.2. The lowest BCUT2D eigenvalue weighted by atomic mass is 10.1. The summed E-state index contributed by atoms with van der Waals surface area (Å²) in [5.41, 5.74) is 7.30. The Morgan fingerprint density at radius 2 is 1.96 bits per heavy atom. The maximum Gasteiger partial charge on any atom is 0.360 e. The van der Waals surface area contributed by atoms with Crippen molar-refractivity contribution in [3.8, 4) is 11.3 Å². The quantitative estimate of drug-likeness (QED) is 0.477. The maximum absolute atomic E-state index is 12.2. The fourth-order valence-corrected chi connectivity index (χ4v) is 2.33. The minimum Gasteiger partial charge on any atom is -0.461 e. The molecule has 0 aliphatic carbocycles. The summed E-state index contributed by atoms with van der Waals surface area (Å²) in [7, 11) is 0. The second-order valence-electron chi connectivity index (χ2n) is 5.61. The number of esters is 1. The van der Waals surface area contributed by atoms with Crippen LogP contribution in [-0.2, 0) is 11.2 Å². The predicted molar refractivity (Wildman–Crippen MR) is 94.8 cm³/mol. The Morgan fingerprint density at radius 1 is 1.15 bits per heavy atom. The van der Waals surface area contributed by atoms with Crippen LogP contribution >= 0.6 is 0 Å². The van der Waals surface area contributed by atoms with E-state index in [1.165, 1.54) is 12.1 Å². The summed E-state index contributed by atoms with van der Waals surface area (Å²) < 4.78 is 15.1. The largest absolute Gasteiger partial charge is 0.461 e. The van der Waals surface area contributed by atoms with E-state index in [1.807, 2.05) is 6.07 Å². The van der Waals surface area contributed by atoms with Gasteiger partial charge in [0, 0.05) is 36.3 Å². The van der Waals surface area contributed by atoms with Crippen molar-refractivity contribution in [3.63, 3.8) is 0 Å². The molecule has 0 saturated heterocycles. The Labute approximate surface area is 154 Å². The number of nitrogen functional groups attached to an aromatic ring is 1. The molecule has 2 aromatic heterocycles. The number of carbonyl (C=O) groups excluding carboxylic acids is 2. The average Bonchev–Trinajstić information content (AvgIpc) is 3.32. The number of anilines is 1. The van der Waals surface area contributed by atoms with Gasteiger partial charge >= 0.3 is 5.97 Å². The summed E-state index contributed by atoms with van der Waals surface area (Å²) in [5.74, 6) is -0.0343. The van der Waals surface area contributed by atoms with Crippen molar-refractivity contribution in [3.05, 3.63) is 53.5 Å². The first-order valence-electron chi connectivity index (χ1n) is 8.30. The Morgan fingerprint density at radius 3 is 2.74 bits per heavy atom. The number of nitrogens with zero attached hydrogens (tertiary/aromatic N) is 2. The van der Waals surface area contributed by atoms with E-state index in [-0.39, 0.29) is 30.4 Å². The zero-order valence-electron chi connectivity index (χ0n) is 14.6. The van der Waals surface area contributed by atoms with E-state index in [9.17, 15) is 9.59 Å². The number of carbonyl (C=O) groups is 2. The summed E-state index contributed by atoms with van der Waals surface area (Å²) in [5, 5.41) is 10.1. The lowest BCUT2D eigenvalue weighted by Gasteiger charge is -1.99. The number of rotatable bonds is 7. The van der Waals surface area contributed by atoms with Crippen LogP contribution in [0.25, 0.3) is 11.3 Å². The number of amides is 1. The van der Waals surface area contributed by atoms with Gasteiger partial charge in [-0.25, -0.2) is 4.79 Å². The molecule has 0 fully saturated rings. The van der Waals surface area contributed by atoms with Crippen molar-refractivity contribution >= 4 is 17.6 Å². The van der Waals surface area contributed by atoms with Gasteiger partial charge in [0.2, 0.25) is 0 Å². The highest BCUT2D eigenvalue weighted by Gasteiger charge is 2.15. The molecular formula is C18H18N4O5. The third kappa shape index (κ3) is 4.51. The van der Waals surface area contributed by atoms with Crippen molar-refractivity contribution in [2.24, 2.45) is 0 Å². The van der Waals surface area contributed by atoms with Gasteiger partial charge in [0.05, 0.1) is 6.61 Å². The molecule has 3 aromatic rings. The van der Waals surface area contributed by atoms with Crippen LogP contribution in [-0.4, -0.2) is 35.3 Å². The zero-order chi connectivity index (χ0) is 19.2. The summed E-state index contributed by atoms with van der Waals surface area (Å²) in [6.45, 7) is 2.24. The summed E-state index contributed by atoms with van der Waals surface area (Å²) >= 11 is 0. The van der Waals surface area contributed by atoms with Crippen LogP contribution in [0, 0.1) is 0 Å². The van der Waals surface area contributed by atoms with Crippen LogP contribution in [0.4, 0.5) is 5.69 Å². The molecule has 0 aliphatic rings. The Bertz CT molecular complexity index is 947. The number of nitrogens with one attached hydrogen (secondary N) is 1. The molecule has 9 heteroatoms. The molecule has 0 aliphatic heterocycles. The third-order valence-electron chi connectivity index (χ3n) is 3.61. The molecule has 140 valence electrons. The summed E-state index contributed by atoms with van der Waals surface area (Å²) in [6, 6.07) is 10.1. The SMILES string of the molecule is CCOC(=O)c1cc(CCNC(=O)c2cc(-c3cccc(N)c3)on2)on1. The number of hydrogen-bond acceptors (Lipinski definition) is 8. The van der Waals surface area contributed by atoms with Gasteiger partial charge in [0.1, 0.15) is 5.76 Å². The standard InChI is InChI=1S/C18H18N4O5/c1-2-25-18(24)15-9-13(26-22-15)6-7-20-17(23)14-10-16(27-21-14)11-4-3-5-12(19)8-11/h3-5,8-10H,2,6-7,19H2,1H3,(H,20,23). The van der Waals surface area contributed by atoms with Crippen molar-refractivity contribution in [2.75, 3.05) is 18.9 Å². The predicted octanol–water partition coefficient (Wildman–Crippen LogP) is 2.06. The first-order valence-corrected chi connectivity index (χ1v) is 8.30. The van der Waals surface area contributed by atoms with E-state index in [2.05, 4.69) is 15.6 Å². The average molecular weight is 370 g/mol. The summed E-state index contributed by atoms with van der Waals surface area (Å²) in [6.07, 6.45) is 0.359. The van der Waals surface area contributed by atoms with E-state index in [0.29, 0.717) is 23.6 Å². The van der Waals surface area contributed by atoms with Gasteiger partial charge in [-0.3, -0.25) is 4.79 Å². The van der Waals surface area contributed by atoms with Crippen LogP contribution in [0.15, 0.2) is 45.4 Å². The fraction of sp³-hybridized carbons (Fsp3) is 0.222. The third-order valence-corrected chi connectivity index (χ3v) is 3.61. The molecule has 0 atom stereocenters. The van der Waals surface area contributed by atoms with Crippen molar-refractivity contribution in [1.82, 2.24) is 15.6 Å². The van der Waals surface area contributed by atoms with Crippen molar-refractivity contribution < 1.29 is 23.4 Å². The molecule has 0 unspecified atom stereocenters. The molecule has 1 aromatic carbocycles. The Balaban J connectivity index is 1.54. The first-order chi connectivity index (χ1) is 13.1. The first kappa shape index (κ1) is 18.2. The monoisotopic (exact) mass is 370 g/mol. The van der Waals surface area contributed by atoms with E-state index in [1.54, 1.807) is 25.1 Å². The number of aromatic nitrogens is 2. The number of benzene rings is 1. The van der Waals surface area contributed by atoms with E-state index in [4.69, 9.17) is 19.5 Å². The molecule has 0 spiro atoms. The van der Waals surface area contributed by atoms with Crippen molar-refractivity contribution in [1.29, 1.82) is 0 Å². The highest BCUT2D eigenvalue weighted by Crippen LogP contribution is 2.22. The van der Waals surface area contributed by atoms with Crippen LogP contribution in [0.3, 0.4) is 0 Å². The van der Waals surface area contributed by atoms with E-state index in [0.717, 1.165) is 5.56 Å². The van der Waals surface area contributed by atoms with Crippen LogP contribution in [0.1, 0.15) is 33.7 Å². The molecule has 27 heavy (non-hydrogen) atoms. The van der Waals surface area contributed by atoms with E-state index >= 15 is 0 Å². The zero-order valence-corrected chi connectivity index (χ0v) is 14.6. The molecule has 0 radical (unpaired) electrons. The molecule has 9 nitrogen and oxygen atoms in total. The molecule has 1 amide bonds. The van der Waals surface area contributed by atoms with Gasteiger partial charge in [-0.05, 0) is 19.1 Å². The van der Waals surface area contributed by atoms with Crippen LogP contribution < -0.4 is 11.1 Å².